The number of amides is 2. The molecule has 0 aromatic heterocycles. The molecule has 1 N–H and O–H groups in total. The molecule has 1 aliphatic heterocycles. The topological polar surface area (TPSA) is 49.4 Å². The van der Waals surface area contributed by atoms with Gasteiger partial charge in [-0.15, -0.1) is 0 Å². The normalized spacial score (nSPS) is 15.8. The lowest BCUT2D eigenvalue weighted by Crippen LogP contribution is -2.39. The highest BCUT2D eigenvalue weighted by atomic mass is 79.9. The number of anilines is 1. The second kappa shape index (κ2) is 8.00. The minimum atomic E-state index is -0.404. The molecule has 5 rings (SSSR count). The van der Waals surface area contributed by atoms with Gasteiger partial charge < -0.3 is 10.2 Å². The van der Waals surface area contributed by atoms with Crippen molar-refractivity contribution in [1.82, 2.24) is 4.90 Å². The van der Waals surface area contributed by atoms with Crippen molar-refractivity contribution in [2.45, 2.75) is 6.04 Å². The summed E-state index contributed by atoms with van der Waals surface area (Å²) in [7, 11) is 0. The van der Waals surface area contributed by atoms with Crippen LogP contribution in [0.2, 0.25) is 0 Å². The van der Waals surface area contributed by atoms with E-state index in [-0.39, 0.29) is 18.4 Å². The lowest BCUT2D eigenvalue weighted by atomic mass is 9.94. The number of hydrogen-bond donors (Lipinski definition) is 1. The van der Waals surface area contributed by atoms with Gasteiger partial charge in [0.25, 0.3) is 5.91 Å². The minimum Gasteiger partial charge on any atom is -0.324 e. The van der Waals surface area contributed by atoms with Crippen molar-refractivity contribution < 1.29 is 9.59 Å². The average Bonchev–Trinajstić information content (AvgIpc) is 2.94. The van der Waals surface area contributed by atoms with Crippen LogP contribution in [0.5, 0.6) is 0 Å². The van der Waals surface area contributed by atoms with E-state index in [1.807, 2.05) is 91.0 Å². The lowest BCUT2D eigenvalue weighted by molar-refractivity contribution is -0.117. The van der Waals surface area contributed by atoms with Crippen molar-refractivity contribution in [2.75, 3.05) is 11.9 Å². The van der Waals surface area contributed by atoms with Crippen LogP contribution in [0.1, 0.15) is 27.5 Å². The van der Waals surface area contributed by atoms with E-state index in [9.17, 15) is 9.59 Å². The fraction of sp³-hybridized carbons (Fsp3) is 0.0769. The summed E-state index contributed by atoms with van der Waals surface area (Å²) in [5.74, 6) is -0.385. The molecule has 2 amide bonds. The van der Waals surface area contributed by atoms with Gasteiger partial charge in [-0.25, -0.2) is 0 Å². The number of hydrogen-bond acceptors (Lipinski definition) is 2. The molecular weight excluding hydrogens is 452 g/mol. The molecule has 0 spiro atoms. The highest BCUT2D eigenvalue weighted by molar-refractivity contribution is 9.10. The zero-order chi connectivity index (χ0) is 21.4. The molecule has 0 bridgehead atoms. The Morgan fingerprint density at radius 3 is 2.48 bits per heavy atom. The molecule has 0 saturated carbocycles. The summed E-state index contributed by atoms with van der Waals surface area (Å²) in [5, 5.41) is 4.84. The smallest absolute Gasteiger partial charge is 0.255 e. The Balaban J connectivity index is 1.71. The van der Waals surface area contributed by atoms with Crippen molar-refractivity contribution in [1.29, 1.82) is 0 Å². The van der Waals surface area contributed by atoms with Crippen molar-refractivity contribution in [3.8, 4) is 0 Å². The zero-order valence-corrected chi connectivity index (χ0v) is 18.2. The molecule has 31 heavy (non-hydrogen) atoms. The quantitative estimate of drug-likeness (QED) is 0.403. The second-order valence-electron chi connectivity index (χ2n) is 7.55. The molecule has 4 aromatic carbocycles. The van der Waals surface area contributed by atoms with Crippen molar-refractivity contribution >= 4 is 44.2 Å². The van der Waals surface area contributed by atoms with Crippen LogP contribution < -0.4 is 5.32 Å². The Kier molecular flexibility index (Phi) is 5.04. The molecule has 152 valence electrons. The minimum absolute atomic E-state index is 0.0338. The van der Waals surface area contributed by atoms with Crippen molar-refractivity contribution in [2.24, 2.45) is 0 Å². The number of carbonyl (C=O) groups is 2. The Bertz CT molecular complexity index is 1300. The molecule has 1 aliphatic rings. The number of rotatable bonds is 2. The van der Waals surface area contributed by atoms with Gasteiger partial charge in [0.1, 0.15) is 6.54 Å². The largest absolute Gasteiger partial charge is 0.324 e. The van der Waals surface area contributed by atoms with Crippen molar-refractivity contribution in [3.05, 3.63) is 112 Å². The summed E-state index contributed by atoms with van der Waals surface area (Å²) in [5.41, 5.74) is 3.13. The molecule has 4 aromatic rings. The van der Waals surface area contributed by atoms with E-state index in [0.717, 1.165) is 32.1 Å². The maximum absolute atomic E-state index is 13.9. The maximum Gasteiger partial charge on any atom is 0.255 e. The van der Waals surface area contributed by atoms with Crippen LogP contribution in [0.25, 0.3) is 10.8 Å². The number of fused-ring (bicyclic) bond motifs is 2. The van der Waals surface area contributed by atoms with Crippen LogP contribution in [0.3, 0.4) is 0 Å². The summed E-state index contributed by atoms with van der Waals surface area (Å²) in [6, 6.07) is 28.7. The first-order chi connectivity index (χ1) is 15.1. The van der Waals surface area contributed by atoms with Crippen LogP contribution in [0, 0.1) is 0 Å². The first kappa shape index (κ1) is 19.5. The predicted molar refractivity (Wildman–Crippen MR) is 126 cm³/mol. The molecule has 0 fully saturated rings. The molecule has 0 saturated heterocycles. The van der Waals surface area contributed by atoms with Crippen LogP contribution in [0.4, 0.5) is 5.69 Å². The van der Waals surface area contributed by atoms with Gasteiger partial charge in [0.2, 0.25) is 5.91 Å². The Morgan fingerprint density at radius 1 is 0.903 bits per heavy atom. The Morgan fingerprint density at radius 2 is 1.65 bits per heavy atom. The average molecular weight is 471 g/mol. The number of nitrogens with one attached hydrogen (secondary N) is 1. The summed E-state index contributed by atoms with van der Waals surface area (Å²) in [4.78, 5) is 28.4. The van der Waals surface area contributed by atoms with Crippen LogP contribution in [-0.2, 0) is 4.79 Å². The van der Waals surface area contributed by atoms with Gasteiger partial charge in [0.15, 0.2) is 0 Å². The van der Waals surface area contributed by atoms with E-state index in [1.165, 1.54) is 0 Å². The monoisotopic (exact) mass is 470 g/mol. The van der Waals surface area contributed by atoms with Gasteiger partial charge in [0, 0.05) is 21.3 Å². The molecule has 1 heterocycles. The van der Waals surface area contributed by atoms with Crippen LogP contribution in [-0.4, -0.2) is 23.3 Å². The highest BCUT2D eigenvalue weighted by Gasteiger charge is 2.34. The first-order valence-electron chi connectivity index (χ1n) is 10.0. The van der Waals surface area contributed by atoms with E-state index in [1.54, 1.807) is 4.90 Å². The Hall–Kier alpha value is -3.44. The molecule has 4 nitrogen and oxygen atoms in total. The summed E-state index contributed by atoms with van der Waals surface area (Å²) in [6.45, 7) is -0.0338. The van der Waals surface area contributed by atoms with Gasteiger partial charge in [-0.05, 0) is 40.6 Å². The molecule has 1 atom stereocenters. The summed E-state index contributed by atoms with van der Waals surface area (Å²) >= 11 is 3.55. The SMILES string of the molecule is O=C1CN(C(=O)c2cccc3ccccc23)[C@@H](c2ccccc2)c2cc(Br)ccc2N1. The molecule has 0 radical (unpaired) electrons. The molecular formula is C26H19BrN2O2. The fourth-order valence-electron chi connectivity index (χ4n) is 4.23. The summed E-state index contributed by atoms with van der Waals surface area (Å²) in [6.07, 6.45) is 0. The van der Waals surface area contributed by atoms with Crippen molar-refractivity contribution in [3.63, 3.8) is 0 Å². The number of benzene rings is 4. The van der Waals surface area contributed by atoms with Gasteiger partial charge >= 0.3 is 0 Å². The maximum atomic E-state index is 13.9. The highest BCUT2D eigenvalue weighted by Crippen LogP contribution is 2.38. The van der Waals surface area contributed by atoms with E-state index in [4.69, 9.17) is 0 Å². The third-order valence-corrected chi connectivity index (χ3v) is 6.10. The first-order valence-corrected chi connectivity index (χ1v) is 10.8. The van der Waals surface area contributed by atoms with E-state index in [2.05, 4.69) is 21.2 Å². The third kappa shape index (κ3) is 3.62. The van der Waals surface area contributed by atoms with Gasteiger partial charge in [-0.2, -0.15) is 0 Å². The van der Waals surface area contributed by atoms with Gasteiger partial charge in [0.05, 0.1) is 6.04 Å². The molecule has 5 heteroatoms. The standard InChI is InChI=1S/C26H19BrN2O2/c27-19-13-14-23-22(15-19)25(18-8-2-1-3-9-18)29(16-24(30)28-23)26(31)21-12-6-10-17-7-4-5-11-20(17)21/h1-15,25H,16H2,(H,28,30)/t25-/m0/s1. The van der Waals surface area contributed by atoms with Crippen LogP contribution in [0.15, 0.2) is 95.5 Å². The molecule has 0 aliphatic carbocycles. The predicted octanol–water partition coefficient (Wildman–Crippen LogP) is 5.79. The zero-order valence-electron chi connectivity index (χ0n) is 16.6. The van der Waals surface area contributed by atoms with E-state index < -0.39 is 6.04 Å². The van der Waals surface area contributed by atoms with Gasteiger partial charge in [-0.1, -0.05) is 82.7 Å². The number of nitrogens with zero attached hydrogens (tertiary/aromatic N) is 1. The van der Waals surface area contributed by atoms with E-state index in [0.29, 0.717) is 5.56 Å². The number of halogens is 1. The lowest BCUT2D eigenvalue weighted by Gasteiger charge is -2.31. The summed E-state index contributed by atoms with van der Waals surface area (Å²) < 4.78 is 0.890. The molecule has 0 unspecified atom stereocenters. The van der Waals surface area contributed by atoms with Gasteiger partial charge in [-0.3, -0.25) is 9.59 Å². The number of carbonyl (C=O) groups excluding carboxylic acids is 2. The van der Waals surface area contributed by atoms with Crippen LogP contribution >= 0.6 is 15.9 Å². The third-order valence-electron chi connectivity index (χ3n) is 5.60. The fourth-order valence-corrected chi connectivity index (χ4v) is 4.61. The van der Waals surface area contributed by atoms with E-state index >= 15 is 0 Å². The second-order valence-corrected chi connectivity index (χ2v) is 8.47. The Labute approximate surface area is 188 Å².